The zero-order chi connectivity index (χ0) is 11.6. The van der Waals surface area contributed by atoms with Crippen LogP contribution in [0, 0.1) is 5.92 Å². The summed E-state index contributed by atoms with van der Waals surface area (Å²) < 4.78 is 22.4. The summed E-state index contributed by atoms with van der Waals surface area (Å²) in [6.45, 7) is 6.07. The maximum absolute atomic E-state index is 11.5. The molecule has 15 heavy (non-hydrogen) atoms. The molecule has 0 bridgehead atoms. The topological polar surface area (TPSA) is 54.5 Å². The van der Waals surface area contributed by atoms with E-state index in [-0.39, 0.29) is 17.7 Å². The van der Waals surface area contributed by atoms with E-state index >= 15 is 0 Å². The van der Waals surface area contributed by atoms with Gasteiger partial charge in [0.15, 0.2) is 0 Å². The summed E-state index contributed by atoms with van der Waals surface area (Å²) >= 11 is 0. The zero-order valence-corrected chi connectivity index (χ0v) is 9.96. The minimum absolute atomic E-state index is 0.0525. The van der Waals surface area contributed by atoms with Gasteiger partial charge >= 0.3 is 0 Å². The van der Waals surface area contributed by atoms with Crippen LogP contribution < -0.4 is 0 Å². The van der Waals surface area contributed by atoms with E-state index in [1.165, 1.54) is 12.3 Å². The predicted octanol–water partition coefficient (Wildman–Crippen LogP) is 0.454. The van der Waals surface area contributed by atoms with Gasteiger partial charge in [-0.05, 0) is 18.4 Å². The fourth-order valence-corrected chi connectivity index (χ4v) is 3.06. The van der Waals surface area contributed by atoms with E-state index in [2.05, 4.69) is 6.58 Å². The first-order valence-corrected chi connectivity index (χ1v) is 7.00. The monoisotopic (exact) mass is 231 g/mol. The Bertz CT molecular complexity index is 361. The molecule has 86 valence electrons. The van der Waals surface area contributed by atoms with Crippen LogP contribution >= 0.6 is 0 Å². The molecule has 1 fully saturated rings. The van der Waals surface area contributed by atoms with Crippen molar-refractivity contribution in [2.45, 2.75) is 19.4 Å². The Morgan fingerprint density at radius 1 is 1.60 bits per heavy atom. The van der Waals surface area contributed by atoms with E-state index in [9.17, 15) is 13.2 Å². The number of hydrogen-bond acceptors (Lipinski definition) is 3. The van der Waals surface area contributed by atoms with Gasteiger partial charge < -0.3 is 4.90 Å². The summed E-state index contributed by atoms with van der Waals surface area (Å²) in [5.41, 5.74) is 0. The van der Waals surface area contributed by atoms with Crippen molar-refractivity contribution >= 4 is 15.7 Å². The van der Waals surface area contributed by atoms with Gasteiger partial charge in [0, 0.05) is 18.8 Å². The smallest absolute Gasteiger partial charge is 0.246 e. The molecule has 5 heteroatoms. The molecule has 0 aromatic heterocycles. The Labute approximate surface area is 90.9 Å². The molecule has 1 aliphatic rings. The Balaban J connectivity index is 2.77. The lowest BCUT2D eigenvalue weighted by molar-refractivity contribution is -0.126. The van der Waals surface area contributed by atoms with Crippen LogP contribution in [0.25, 0.3) is 0 Å². The van der Waals surface area contributed by atoms with Gasteiger partial charge in [-0.3, -0.25) is 4.79 Å². The van der Waals surface area contributed by atoms with Crippen LogP contribution in [-0.2, 0) is 14.6 Å². The average Bonchev–Trinajstić information content (AvgIpc) is 2.42. The summed E-state index contributed by atoms with van der Waals surface area (Å²) in [6, 6.07) is -0.180. The second-order valence-electron chi connectivity index (χ2n) is 4.28. The number of nitrogens with zero attached hydrogens (tertiary/aromatic N) is 1. The van der Waals surface area contributed by atoms with Crippen molar-refractivity contribution in [3.63, 3.8) is 0 Å². The van der Waals surface area contributed by atoms with Gasteiger partial charge in [0.25, 0.3) is 0 Å². The molecular formula is C10H17NO3S. The lowest BCUT2D eigenvalue weighted by Gasteiger charge is -2.22. The Morgan fingerprint density at radius 2 is 2.20 bits per heavy atom. The highest BCUT2D eigenvalue weighted by Gasteiger charge is 2.33. The summed E-state index contributed by atoms with van der Waals surface area (Å²) in [7, 11) is -3.03. The lowest BCUT2D eigenvalue weighted by Crippen LogP contribution is -2.38. The van der Waals surface area contributed by atoms with Crippen LogP contribution in [0.2, 0.25) is 0 Å². The van der Waals surface area contributed by atoms with E-state index < -0.39 is 9.84 Å². The standard InChI is InChI=1S/C10H17NO3S/c1-4-10(12)11-6-8(2)5-9(11)7-15(3,13)14/h4,8-9H,1,5-7H2,2-3H3/t8-,9+/m0/s1. The van der Waals surface area contributed by atoms with Crippen molar-refractivity contribution in [1.29, 1.82) is 0 Å². The van der Waals surface area contributed by atoms with E-state index in [0.29, 0.717) is 12.5 Å². The molecule has 0 unspecified atom stereocenters. The first-order chi connectivity index (χ1) is 6.83. The third-order valence-electron chi connectivity index (χ3n) is 2.58. The third-order valence-corrected chi connectivity index (χ3v) is 3.57. The molecule has 2 atom stereocenters. The number of likely N-dealkylation sites (tertiary alicyclic amines) is 1. The van der Waals surface area contributed by atoms with Crippen molar-refractivity contribution in [1.82, 2.24) is 4.90 Å². The van der Waals surface area contributed by atoms with Gasteiger partial charge in [-0.1, -0.05) is 13.5 Å². The van der Waals surface area contributed by atoms with Crippen molar-refractivity contribution in [3.8, 4) is 0 Å². The molecule has 0 N–H and O–H groups in total. The summed E-state index contributed by atoms with van der Waals surface area (Å²) in [5, 5.41) is 0. The van der Waals surface area contributed by atoms with Crippen LogP contribution in [0.4, 0.5) is 0 Å². The van der Waals surface area contributed by atoms with Gasteiger partial charge in [0.1, 0.15) is 9.84 Å². The van der Waals surface area contributed by atoms with Crippen LogP contribution in [0.15, 0.2) is 12.7 Å². The molecule has 1 aliphatic heterocycles. The quantitative estimate of drug-likeness (QED) is 0.663. The largest absolute Gasteiger partial charge is 0.335 e. The Hall–Kier alpha value is -0.840. The molecule has 0 aliphatic carbocycles. The second-order valence-corrected chi connectivity index (χ2v) is 6.47. The number of sulfone groups is 1. The summed E-state index contributed by atoms with van der Waals surface area (Å²) in [6.07, 6.45) is 3.20. The lowest BCUT2D eigenvalue weighted by atomic mass is 10.1. The minimum Gasteiger partial charge on any atom is -0.335 e. The summed E-state index contributed by atoms with van der Waals surface area (Å²) in [5.74, 6) is 0.241. The van der Waals surface area contributed by atoms with Crippen molar-refractivity contribution in [3.05, 3.63) is 12.7 Å². The van der Waals surface area contributed by atoms with E-state index in [1.807, 2.05) is 6.92 Å². The van der Waals surface area contributed by atoms with E-state index in [4.69, 9.17) is 0 Å². The molecule has 4 nitrogen and oxygen atoms in total. The third kappa shape index (κ3) is 3.34. The number of amides is 1. The van der Waals surface area contributed by atoms with Gasteiger partial charge in [-0.15, -0.1) is 0 Å². The molecular weight excluding hydrogens is 214 g/mol. The number of carbonyl (C=O) groups excluding carboxylic acids is 1. The molecule has 1 heterocycles. The average molecular weight is 231 g/mol. The van der Waals surface area contributed by atoms with Gasteiger partial charge in [-0.2, -0.15) is 0 Å². The molecule has 0 aromatic carbocycles. The maximum Gasteiger partial charge on any atom is 0.246 e. The highest BCUT2D eigenvalue weighted by Crippen LogP contribution is 2.24. The number of hydrogen-bond donors (Lipinski definition) is 0. The van der Waals surface area contributed by atoms with Crippen LogP contribution in [0.5, 0.6) is 0 Å². The predicted molar refractivity (Wildman–Crippen MR) is 59.2 cm³/mol. The van der Waals surface area contributed by atoms with Crippen molar-refractivity contribution in [2.24, 2.45) is 5.92 Å². The first kappa shape index (κ1) is 12.2. The van der Waals surface area contributed by atoms with Crippen LogP contribution in [-0.4, -0.2) is 43.8 Å². The van der Waals surface area contributed by atoms with Crippen LogP contribution in [0.3, 0.4) is 0 Å². The van der Waals surface area contributed by atoms with Crippen LogP contribution in [0.1, 0.15) is 13.3 Å². The molecule has 1 rings (SSSR count). The SMILES string of the molecule is C=CC(=O)N1C[C@@H](C)C[C@@H]1CS(C)(=O)=O. The molecule has 0 spiro atoms. The van der Waals surface area contributed by atoms with Gasteiger partial charge in [0.2, 0.25) is 5.91 Å². The Kier molecular flexibility index (Phi) is 3.54. The number of carbonyl (C=O) groups is 1. The van der Waals surface area contributed by atoms with E-state index in [0.717, 1.165) is 6.42 Å². The fourth-order valence-electron chi connectivity index (χ4n) is 2.05. The second kappa shape index (κ2) is 4.35. The Morgan fingerprint density at radius 3 is 2.67 bits per heavy atom. The minimum atomic E-state index is -3.03. The van der Waals surface area contributed by atoms with Crippen molar-refractivity contribution < 1.29 is 13.2 Å². The van der Waals surface area contributed by atoms with Gasteiger partial charge in [-0.25, -0.2) is 8.42 Å². The van der Waals surface area contributed by atoms with Gasteiger partial charge in [0.05, 0.1) is 5.75 Å². The zero-order valence-electron chi connectivity index (χ0n) is 9.14. The maximum atomic E-state index is 11.5. The molecule has 1 amide bonds. The molecule has 0 radical (unpaired) electrons. The fraction of sp³-hybridized carbons (Fsp3) is 0.700. The molecule has 0 saturated carbocycles. The molecule has 1 saturated heterocycles. The number of rotatable bonds is 3. The summed E-state index contributed by atoms with van der Waals surface area (Å²) in [4.78, 5) is 13.1. The molecule has 0 aromatic rings. The highest BCUT2D eigenvalue weighted by molar-refractivity contribution is 7.90. The van der Waals surface area contributed by atoms with Crippen molar-refractivity contribution in [2.75, 3.05) is 18.6 Å². The normalized spacial score (nSPS) is 26.7. The van der Waals surface area contributed by atoms with E-state index in [1.54, 1.807) is 4.90 Å². The first-order valence-electron chi connectivity index (χ1n) is 4.94. The highest BCUT2D eigenvalue weighted by atomic mass is 32.2.